The van der Waals surface area contributed by atoms with Crippen LogP contribution in [0.4, 0.5) is 4.79 Å². The molecule has 0 aromatic heterocycles. The van der Waals surface area contributed by atoms with Gasteiger partial charge in [-0.05, 0) is 37.6 Å². The lowest BCUT2D eigenvalue weighted by Crippen LogP contribution is -2.47. The van der Waals surface area contributed by atoms with Crippen LogP contribution in [0.25, 0.3) is 0 Å². The van der Waals surface area contributed by atoms with Gasteiger partial charge in [0.1, 0.15) is 12.1 Å². The number of imide groups is 1. The highest BCUT2D eigenvalue weighted by Gasteiger charge is 2.49. The van der Waals surface area contributed by atoms with Gasteiger partial charge < -0.3 is 10.6 Å². The van der Waals surface area contributed by atoms with Crippen LogP contribution in [0.15, 0.2) is 24.3 Å². The van der Waals surface area contributed by atoms with Crippen molar-refractivity contribution in [1.29, 1.82) is 0 Å². The molecule has 4 amide bonds. The second kappa shape index (κ2) is 10.1. The minimum atomic E-state index is -0.904. The molecule has 0 bridgehead atoms. The molecular formula is C21H31ClN4O3. The van der Waals surface area contributed by atoms with Crippen molar-refractivity contribution in [3.05, 3.63) is 34.9 Å². The van der Waals surface area contributed by atoms with E-state index in [9.17, 15) is 14.4 Å². The van der Waals surface area contributed by atoms with Crippen LogP contribution in [0.1, 0.15) is 52.1 Å². The number of halogens is 1. The molecule has 2 rings (SSSR count). The highest BCUT2D eigenvalue weighted by molar-refractivity contribution is 6.31. The molecule has 8 heteroatoms. The molecule has 1 fully saturated rings. The maximum atomic E-state index is 12.7. The number of urea groups is 1. The van der Waals surface area contributed by atoms with E-state index in [-0.39, 0.29) is 24.4 Å². The Morgan fingerprint density at radius 1 is 1.17 bits per heavy atom. The van der Waals surface area contributed by atoms with Crippen LogP contribution >= 0.6 is 11.6 Å². The van der Waals surface area contributed by atoms with Crippen LogP contribution in [-0.2, 0) is 9.59 Å². The number of nitrogens with one attached hydrogen (secondary N) is 2. The molecule has 1 aliphatic rings. The maximum Gasteiger partial charge on any atom is 0.325 e. The van der Waals surface area contributed by atoms with Crippen LogP contribution in [-0.4, -0.2) is 59.4 Å². The molecular weight excluding hydrogens is 392 g/mol. The third-order valence-electron chi connectivity index (χ3n) is 5.76. The lowest BCUT2D eigenvalue weighted by molar-refractivity contribution is -0.135. The smallest absolute Gasteiger partial charge is 0.325 e. The van der Waals surface area contributed by atoms with Crippen LogP contribution in [0.5, 0.6) is 0 Å². The molecule has 160 valence electrons. The number of amides is 4. The number of likely N-dealkylation sites (N-methyl/N-ethyl adjacent to an activating group) is 1. The van der Waals surface area contributed by atoms with Crippen LogP contribution in [0, 0.1) is 0 Å². The monoisotopic (exact) mass is 422 g/mol. The number of carbonyl (C=O) groups is 3. The number of hydrogen-bond donors (Lipinski definition) is 2. The van der Waals surface area contributed by atoms with E-state index in [0.29, 0.717) is 24.4 Å². The van der Waals surface area contributed by atoms with Crippen LogP contribution in [0.3, 0.4) is 0 Å². The Kier molecular flexibility index (Phi) is 8.05. The van der Waals surface area contributed by atoms with Gasteiger partial charge in [0.15, 0.2) is 0 Å². The molecule has 1 aromatic rings. The first-order valence-corrected chi connectivity index (χ1v) is 10.6. The average molecular weight is 423 g/mol. The third kappa shape index (κ3) is 4.90. The van der Waals surface area contributed by atoms with Crippen molar-refractivity contribution in [3.8, 4) is 0 Å². The van der Waals surface area contributed by atoms with E-state index in [1.807, 2.05) is 38.1 Å². The first kappa shape index (κ1) is 23.2. The van der Waals surface area contributed by atoms with Gasteiger partial charge in [-0.3, -0.25) is 19.4 Å². The Morgan fingerprint density at radius 2 is 1.79 bits per heavy atom. The first-order valence-electron chi connectivity index (χ1n) is 10.2. The number of rotatable bonds is 10. The summed E-state index contributed by atoms with van der Waals surface area (Å²) >= 11 is 6.39. The second-order valence-corrected chi connectivity index (χ2v) is 7.58. The van der Waals surface area contributed by atoms with Gasteiger partial charge in [-0.15, -0.1) is 0 Å². The predicted octanol–water partition coefficient (Wildman–Crippen LogP) is 2.95. The summed E-state index contributed by atoms with van der Waals surface area (Å²) in [6.07, 6.45) is 0.978. The van der Waals surface area contributed by atoms with Gasteiger partial charge in [-0.1, -0.05) is 57.5 Å². The Bertz CT molecular complexity index is 747. The van der Waals surface area contributed by atoms with Crippen LogP contribution in [0.2, 0.25) is 5.02 Å². The Labute approximate surface area is 177 Å². The Morgan fingerprint density at radius 3 is 2.31 bits per heavy atom. The molecule has 1 aliphatic heterocycles. The van der Waals surface area contributed by atoms with Gasteiger partial charge >= 0.3 is 6.03 Å². The number of hydrogen-bond acceptors (Lipinski definition) is 4. The zero-order chi connectivity index (χ0) is 21.6. The van der Waals surface area contributed by atoms with Gasteiger partial charge in [-0.2, -0.15) is 0 Å². The van der Waals surface area contributed by atoms with E-state index in [4.69, 9.17) is 11.6 Å². The van der Waals surface area contributed by atoms with E-state index in [1.54, 1.807) is 0 Å². The summed E-state index contributed by atoms with van der Waals surface area (Å²) in [5, 5.41) is 6.26. The molecule has 0 spiro atoms. The van der Waals surface area contributed by atoms with Crippen molar-refractivity contribution in [3.63, 3.8) is 0 Å². The summed E-state index contributed by atoms with van der Waals surface area (Å²) in [4.78, 5) is 40.7. The summed E-state index contributed by atoms with van der Waals surface area (Å²) in [7, 11) is 0. The molecule has 1 heterocycles. The lowest BCUT2D eigenvalue weighted by Gasteiger charge is -2.31. The molecule has 0 radical (unpaired) electrons. The minimum Gasteiger partial charge on any atom is -0.353 e. The van der Waals surface area contributed by atoms with Crippen molar-refractivity contribution >= 4 is 29.4 Å². The van der Waals surface area contributed by atoms with E-state index in [0.717, 1.165) is 23.6 Å². The Balaban J connectivity index is 2.08. The fraction of sp³-hybridized carbons (Fsp3) is 0.571. The molecule has 7 nitrogen and oxygen atoms in total. The quantitative estimate of drug-likeness (QED) is 0.568. The zero-order valence-corrected chi connectivity index (χ0v) is 18.4. The van der Waals surface area contributed by atoms with Gasteiger partial charge in [-0.25, -0.2) is 4.79 Å². The summed E-state index contributed by atoms with van der Waals surface area (Å²) in [6.45, 7) is 9.44. The van der Waals surface area contributed by atoms with Gasteiger partial charge in [0.05, 0.1) is 6.04 Å². The van der Waals surface area contributed by atoms with E-state index in [2.05, 4.69) is 29.4 Å². The molecule has 1 unspecified atom stereocenters. The van der Waals surface area contributed by atoms with Crippen molar-refractivity contribution in [2.24, 2.45) is 0 Å². The maximum absolute atomic E-state index is 12.7. The normalized spacial score (nSPS) is 16.8. The molecule has 29 heavy (non-hydrogen) atoms. The van der Waals surface area contributed by atoms with Gasteiger partial charge in [0.25, 0.3) is 5.91 Å². The van der Waals surface area contributed by atoms with Crippen molar-refractivity contribution in [2.45, 2.75) is 52.1 Å². The number of carbonyl (C=O) groups excluding carboxylic acids is 3. The molecule has 0 aliphatic carbocycles. The summed E-state index contributed by atoms with van der Waals surface area (Å²) < 4.78 is 0. The molecule has 1 aromatic carbocycles. The minimum absolute atomic E-state index is 0.101. The molecule has 1 saturated heterocycles. The van der Waals surface area contributed by atoms with Crippen LogP contribution < -0.4 is 10.6 Å². The fourth-order valence-electron chi connectivity index (χ4n) is 3.80. The topological polar surface area (TPSA) is 81.8 Å². The number of nitrogens with zero attached hydrogens (tertiary/aromatic N) is 2. The fourth-order valence-corrected chi connectivity index (χ4v) is 4.07. The van der Waals surface area contributed by atoms with Crippen molar-refractivity contribution in [1.82, 2.24) is 20.4 Å². The second-order valence-electron chi connectivity index (χ2n) is 7.17. The van der Waals surface area contributed by atoms with E-state index < -0.39 is 11.6 Å². The highest BCUT2D eigenvalue weighted by atomic mass is 35.5. The molecule has 2 N–H and O–H groups in total. The zero-order valence-electron chi connectivity index (χ0n) is 17.6. The average Bonchev–Trinajstić information content (AvgIpc) is 2.96. The third-order valence-corrected chi connectivity index (χ3v) is 6.11. The van der Waals surface area contributed by atoms with Crippen molar-refractivity contribution in [2.75, 3.05) is 26.2 Å². The van der Waals surface area contributed by atoms with Gasteiger partial charge in [0, 0.05) is 11.6 Å². The standard InChI is InChI=1S/C21H31ClN4O3/c1-5-21(6-2)19(28)26(20(29)24-21)14-18(27)23-13-17(25(7-3)8-4)15-11-9-10-12-16(15)22/h9-12,17H,5-8,13-14H2,1-4H3,(H,23,27)(H,24,29). The van der Waals surface area contributed by atoms with E-state index >= 15 is 0 Å². The van der Waals surface area contributed by atoms with Crippen molar-refractivity contribution < 1.29 is 14.4 Å². The summed E-state index contributed by atoms with van der Waals surface area (Å²) in [6, 6.07) is 6.96. The molecule has 1 atom stereocenters. The molecule has 0 saturated carbocycles. The lowest BCUT2D eigenvalue weighted by atomic mass is 9.93. The first-order chi connectivity index (χ1) is 13.8. The summed E-state index contributed by atoms with van der Waals surface area (Å²) in [5.74, 6) is -0.713. The largest absolute Gasteiger partial charge is 0.353 e. The highest BCUT2D eigenvalue weighted by Crippen LogP contribution is 2.27. The summed E-state index contributed by atoms with van der Waals surface area (Å²) in [5.41, 5.74) is 0.0303. The van der Waals surface area contributed by atoms with Gasteiger partial charge in [0.2, 0.25) is 5.91 Å². The SMILES string of the molecule is CCN(CC)C(CNC(=O)CN1C(=O)NC(CC)(CC)C1=O)c1ccccc1Cl. The number of benzene rings is 1. The van der Waals surface area contributed by atoms with E-state index in [1.165, 1.54) is 0 Å². The Hall–Kier alpha value is -2.12. The predicted molar refractivity (Wildman–Crippen MR) is 114 cm³/mol.